The average molecular weight is 260 g/mol. The van der Waals surface area contributed by atoms with E-state index in [4.69, 9.17) is 11.6 Å². The van der Waals surface area contributed by atoms with Crippen molar-refractivity contribution in [2.75, 3.05) is 19.0 Å². The van der Waals surface area contributed by atoms with E-state index in [1.165, 1.54) is 11.0 Å². The van der Waals surface area contributed by atoms with Crippen LogP contribution in [-0.2, 0) is 0 Å². The van der Waals surface area contributed by atoms with E-state index in [0.29, 0.717) is 25.4 Å². The first-order valence-corrected chi connectivity index (χ1v) is 5.97. The zero-order valence-corrected chi connectivity index (χ0v) is 10.4. The molecule has 0 atom stereocenters. The lowest BCUT2D eigenvalue weighted by atomic mass is 10.1. The molecule has 17 heavy (non-hydrogen) atoms. The number of nitrogens with zero attached hydrogens (tertiary/aromatic N) is 1. The van der Waals surface area contributed by atoms with Crippen LogP contribution in [0.2, 0.25) is 0 Å². The van der Waals surface area contributed by atoms with Crippen molar-refractivity contribution in [3.8, 4) is 5.75 Å². The molecule has 0 aromatic heterocycles. The van der Waals surface area contributed by atoms with Gasteiger partial charge in [-0.3, -0.25) is 4.79 Å². The Bertz CT molecular complexity index is 398. The Hall–Kier alpha value is -1.29. The Morgan fingerprint density at radius 1 is 1.53 bits per heavy atom. The SMILES string of the molecule is CCN(CCCCl)C(=O)c1cc(F)ccc1O. The molecule has 1 N–H and O–H groups in total. The molecule has 0 radical (unpaired) electrons. The number of halogens is 2. The number of phenols is 1. The zero-order valence-electron chi connectivity index (χ0n) is 9.62. The van der Waals surface area contributed by atoms with Crippen LogP contribution in [0.5, 0.6) is 5.75 Å². The molecule has 0 aliphatic rings. The van der Waals surface area contributed by atoms with E-state index < -0.39 is 5.82 Å². The highest BCUT2D eigenvalue weighted by molar-refractivity contribution is 6.17. The summed E-state index contributed by atoms with van der Waals surface area (Å²) in [7, 11) is 0. The number of rotatable bonds is 5. The first-order valence-electron chi connectivity index (χ1n) is 5.44. The minimum Gasteiger partial charge on any atom is -0.507 e. The molecule has 0 aliphatic carbocycles. The molecule has 0 bridgehead atoms. The van der Waals surface area contributed by atoms with Crippen molar-refractivity contribution in [3.05, 3.63) is 29.6 Å². The van der Waals surface area contributed by atoms with Crippen LogP contribution < -0.4 is 0 Å². The number of phenolic OH excluding ortho intramolecular Hbond substituents is 1. The van der Waals surface area contributed by atoms with Gasteiger partial charge in [-0.25, -0.2) is 4.39 Å². The summed E-state index contributed by atoms with van der Waals surface area (Å²) in [4.78, 5) is 13.5. The first kappa shape index (κ1) is 13.8. The third kappa shape index (κ3) is 3.60. The molecule has 94 valence electrons. The number of amides is 1. The lowest BCUT2D eigenvalue weighted by Gasteiger charge is -2.20. The van der Waals surface area contributed by atoms with E-state index in [-0.39, 0.29) is 17.2 Å². The van der Waals surface area contributed by atoms with Crippen molar-refractivity contribution >= 4 is 17.5 Å². The van der Waals surface area contributed by atoms with Crippen LogP contribution in [0.4, 0.5) is 4.39 Å². The lowest BCUT2D eigenvalue weighted by molar-refractivity contribution is 0.0761. The molecule has 0 fully saturated rings. The fraction of sp³-hybridized carbons (Fsp3) is 0.417. The van der Waals surface area contributed by atoms with Gasteiger partial charge in [0.1, 0.15) is 11.6 Å². The van der Waals surface area contributed by atoms with Gasteiger partial charge in [0.2, 0.25) is 0 Å². The van der Waals surface area contributed by atoms with Crippen molar-refractivity contribution in [2.24, 2.45) is 0 Å². The molecule has 5 heteroatoms. The summed E-state index contributed by atoms with van der Waals surface area (Å²) in [5.74, 6) is -0.672. The van der Waals surface area contributed by atoms with Crippen LogP contribution in [0.1, 0.15) is 23.7 Å². The Morgan fingerprint density at radius 2 is 2.24 bits per heavy atom. The molecule has 0 unspecified atom stereocenters. The Labute approximate surface area is 105 Å². The fourth-order valence-corrected chi connectivity index (χ4v) is 1.62. The van der Waals surface area contributed by atoms with Crippen LogP contribution >= 0.6 is 11.6 Å². The van der Waals surface area contributed by atoms with Gasteiger partial charge in [0.05, 0.1) is 5.56 Å². The molecule has 3 nitrogen and oxygen atoms in total. The lowest BCUT2D eigenvalue weighted by Crippen LogP contribution is -2.32. The van der Waals surface area contributed by atoms with E-state index in [9.17, 15) is 14.3 Å². The summed E-state index contributed by atoms with van der Waals surface area (Å²) in [5, 5.41) is 9.53. The van der Waals surface area contributed by atoms with Crippen LogP contribution in [0, 0.1) is 5.82 Å². The molecule has 1 aromatic carbocycles. The van der Waals surface area contributed by atoms with E-state index in [1.54, 1.807) is 0 Å². The standard InChI is InChI=1S/C12H15ClFNO2/c1-2-15(7-3-6-13)12(17)10-8-9(14)4-5-11(10)16/h4-5,8,16H,2-3,6-7H2,1H3. The van der Waals surface area contributed by atoms with Gasteiger partial charge >= 0.3 is 0 Å². The zero-order chi connectivity index (χ0) is 12.8. The third-order valence-corrected chi connectivity index (χ3v) is 2.69. The number of hydrogen-bond donors (Lipinski definition) is 1. The summed E-state index contributed by atoms with van der Waals surface area (Å²) < 4.78 is 13.0. The van der Waals surface area contributed by atoms with Gasteiger partial charge in [0.15, 0.2) is 0 Å². The molecule has 0 saturated carbocycles. The van der Waals surface area contributed by atoms with E-state index >= 15 is 0 Å². The highest BCUT2D eigenvalue weighted by Gasteiger charge is 2.17. The van der Waals surface area contributed by atoms with E-state index in [0.717, 1.165) is 12.1 Å². The maximum Gasteiger partial charge on any atom is 0.257 e. The smallest absolute Gasteiger partial charge is 0.257 e. The quantitative estimate of drug-likeness (QED) is 0.826. The summed E-state index contributed by atoms with van der Waals surface area (Å²) in [6.45, 7) is 2.81. The molecule has 0 aliphatic heterocycles. The molecular weight excluding hydrogens is 245 g/mol. The monoisotopic (exact) mass is 259 g/mol. The van der Waals surface area contributed by atoms with Gasteiger partial charge in [-0.05, 0) is 31.5 Å². The predicted molar refractivity (Wildman–Crippen MR) is 65.0 cm³/mol. The van der Waals surface area contributed by atoms with Gasteiger partial charge in [-0.15, -0.1) is 11.6 Å². The molecule has 0 saturated heterocycles. The van der Waals surface area contributed by atoms with Gasteiger partial charge in [-0.2, -0.15) is 0 Å². The Morgan fingerprint density at radius 3 is 2.82 bits per heavy atom. The molecular formula is C12H15ClFNO2. The number of hydrogen-bond acceptors (Lipinski definition) is 2. The summed E-state index contributed by atoms with van der Waals surface area (Å²) in [5.41, 5.74) is -0.0126. The second kappa shape index (κ2) is 6.45. The number of aromatic hydroxyl groups is 1. The van der Waals surface area contributed by atoms with Crippen molar-refractivity contribution in [3.63, 3.8) is 0 Å². The topological polar surface area (TPSA) is 40.5 Å². The minimum absolute atomic E-state index is 0.0126. The van der Waals surface area contributed by atoms with E-state index in [1.807, 2.05) is 6.92 Å². The largest absolute Gasteiger partial charge is 0.507 e. The first-order chi connectivity index (χ1) is 8.10. The number of alkyl halides is 1. The molecule has 1 rings (SSSR count). The second-order valence-electron chi connectivity index (χ2n) is 3.59. The summed E-state index contributed by atoms with van der Waals surface area (Å²) in [6, 6.07) is 3.33. The average Bonchev–Trinajstić information content (AvgIpc) is 2.33. The van der Waals surface area contributed by atoms with Crippen molar-refractivity contribution in [2.45, 2.75) is 13.3 Å². The maximum absolute atomic E-state index is 13.0. The van der Waals surface area contributed by atoms with Crippen LogP contribution in [-0.4, -0.2) is 34.9 Å². The van der Waals surface area contributed by atoms with Gasteiger partial charge in [-0.1, -0.05) is 0 Å². The predicted octanol–water partition coefficient (Wildman–Crippen LogP) is 2.62. The van der Waals surface area contributed by atoms with Crippen LogP contribution in [0.25, 0.3) is 0 Å². The Kier molecular flexibility index (Phi) is 5.22. The molecule has 1 amide bonds. The van der Waals surface area contributed by atoms with Gasteiger partial charge in [0, 0.05) is 19.0 Å². The van der Waals surface area contributed by atoms with Gasteiger partial charge in [0.25, 0.3) is 5.91 Å². The molecule has 1 aromatic rings. The van der Waals surface area contributed by atoms with Gasteiger partial charge < -0.3 is 10.0 Å². The second-order valence-corrected chi connectivity index (χ2v) is 3.97. The van der Waals surface area contributed by atoms with Crippen LogP contribution in [0.3, 0.4) is 0 Å². The summed E-state index contributed by atoms with van der Waals surface area (Å²) in [6.07, 6.45) is 0.664. The molecule has 0 spiro atoms. The minimum atomic E-state index is -0.542. The third-order valence-electron chi connectivity index (χ3n) is 2.42. The van der Waals surface area contributed by atoms with Crippen molar-refractivity contribution in [1.82, 2.24) is 4.90 Å². The number of carbonyl (C=O) groups is 1. The van der Waals surface area contributed by atoms with E-state index in [2.05, 4.69) is 0 Å². The fourth-order valence-electron chi connectivity index (χ4n) is 1.50. The normalized spacial score (nSPS) is 10.3. The highest BCUT2D eigenvalue weighted by Crippen LogP contribution is 2.19. The highest BCUT2D eigenvalue weighted by atomic mass is 35.5. The number of benzene rings is 1. The van der Waals surface area contributed by atoms with Crippen molar-refractivity contribution < 1.29 is 14.3 Å². The molecule has 0 heterocycles. The number of carbonyl (C=O) groups excluding carboxylic acids is 1. The summed E-state index contributed by atoms with van der Waals surface area (Å²) >= 11 is 5.56. The van der Waals surface area contributed by atoms with Crippen LogP contribution in [0.15, 0.2) is 18.2 Å². The maximum atomic E-state index is 13.0. The Balaban J connectivity index is 2.89. The van der Waals surface area contributed by atoms with Crippen molar-refractivity contribution in [1.29, 1.82) is 0 Å².